The smallest absolute Gasteiger partial charge is 0.192 e. The number of hydrogen-bond acceptors (Lipinski definition) is 0. The number of hydrogen-bond donors (Lipinski definition) is 0. The lowest BCUT2D eigenvalue weighted by molar-refractivity contribution is -0.451. The van der Waals surface area contributed by atoms with E-state index >= 15 is 0 Å². The third kappa shape index (κ3) is 5.05. The highest BCUT2D eigenvalue weighted by Gasteiger charge is 2.91. The summed E-state index contributed by atoms with van der Waals surface area (Å²) < 4.78 is 166. The molecule has 0 radical (unpaired) electrons. The number of halogens is 14. The van der Waals surface area contributed by atoms with Gasteiger partial charge in [0.25, 0.3) is 0 Å². The van der Waals surface area contributed by atoms with Crippen molar-refractivity contribution in [3.63, 3.8) is 0 Å². The third-order valence-electron chi connectivity index (χ3n) is 2.85. The van der Waals surface area contributed by atoms with E-state index in [1.165, 1.54) is 25.7 Å². The van der Waals surface area contributed by atoms with Crippen LogP contribution in [0.4, 0.5) is 61.5 Å². The van der Waals surface area contributed by atoms with E-state index in [0.29, 0.717) is 0 Å². The molecule has 0 aromatic heterocycles. The van der Waals surface area contributed by atoms with E-state index in [1.54, 1.807) is 0 Å². The van der Waals surface area contributed by atoms with Gasteiger partial charge in [-0.2, -0.15) is 61.5 Å². The predicted molar refractivity (Wildman–Crippen MR) is 61.7 cm³/mol. The third-order valence-corrected chi connectivity index (χ3v) is 2.85. The van der Waals surface area contributed by atoms with Gasteiger partial charge in [-0.3, -0.25) is 0 Å². The van der Waals surface area contributed by atoms with E-state index in [0.717, 1.165) is 0 Å². The molecule has 0 aliphatic rings. The van der Waals surface area contributed by atoms with Crippen molar-refractivity contribution in [2.24, 2.45) is 0 Å². The van der Waals surface area contributed by atoms with E-state index in [2.05, 4.69) is 13.8 Å². The predicted octanol–water partition coefficient (Wildman–Crippen LogP) is 7.24. The molecule has 0 saturated carbocycles. The lowest BCUT2D eigenvalue weighted by Crippen LogP contribution is -2.69. The summed E-state index contributed by atoms with van der Waals surface area (Å²) >= 11 is 0. The van der Waals surface area contributed by atoms with Crippen molar-refractivity contribution in [1.29, 1.82) is 0 Å². The molecule has 0 aromatic rings. The molecule has 0 N–H and O–H groups in total. The minimum atomic E-state index is -8.04. The Hall–Kier alpha value is -0.980. The molecule has 26 heavy (non-hydrogen) atoms. The SMILES string of the molecule is CCCCCC.FC(F)(F)C(F)(F)C(F)(F)C(F)(F)C(F)(F)C(F)(F)F. The summed E-state index contributed by atoms with van der Waals surface area (Å²) in [4.78, 5) is 0. The maximum Gasteiger partial charge on any atom is 0.460 e. The largest absolute Gasteiger partial charge is 0.460 e. The average Bonchev–Trinajstić information content (AvgIpc) is 2.42. The molecule has 160 valence electrons. The van der Waals surface area contributed by atoms with Gasteiger partial charge < -0.3 is 0 Å². The normalized spacial score (nSPS) is 14.8. The molecule has 14 heteroatoms. The monoisotopic (exact) mass is 424 g/mol. The van der Waals surface area contributed by atoms with Crippen LogP contribution in [0.15, 0.2) is 0 Å². The van der Waals surface area contributed by atoms with Gasteiger partial charge in [-0.1, -0.05) is 39.5 Å². The summed E-state index contributed by atoms with van der Waals surface area (Å²) in [6.45, 7) is 4.46. The highest BCUT2D eigenvalue weighted by atomic mass is 19.4. The van der Waals surface area contributed by atoms with Crippen LogP contribution in [0.3, 0.4) is 0 Å². The first-order chi connectivity index (χ1) is 11.2. The molecular weight excluding hydrogens is 410 g/mol. The molecule has 0 aromatic carbocycles. The summed E-state index contributed by atoms with van der Waals surface area (Å²) in [6, 6.07) is 0. The molecular formula is C12H14F14. The van der Waals surface area contributed by atoms with Crippen molar-refractivity contribution in [2.45, 2.75) is 75.6 Å². The maximum atomic E-state index is 12.3. The number of alkyl halides is 14. The quantitative estimate of drug-likeness (QED) is 0.312. The molecule has 0 aliphatic carbocycles. The van der Waals surface area contributed by atoms with Crippen molar-refractivity contribution in [2.75, 3.05) is 0 Å². The molecule has 0 spiro atoms. The molecule has 0 nitrogen and oxygen atoms in total. The highest BCUT2D eigenvalue weighted by molar-refractivity contribution is 5.08. The minimum Gasteiger partial charge on any atom is -0.192 e. The standard InChI is InChI=1S/C6F14.C6H14/c7-1(8,3(11,12)5(15,16)17)2(9,10)4(13,14)6(18,19)20;1-3-5-6-4-2/h;3-6H2,1-2H3. The Morgan fingerprint density at radius 2 is 0.577 bits per heavy atom. The average molecular weight is 424 g/mol. The van der Waals surface area contributed by atoms with Crippen LogP contribution in [-0.4, -0.2) is 36.0 Å². The molecule has 0 amide bonds. The molecule has 0 heterocycles. The lowest BCUT2D eigenvalue weighted by atomic mass is 9.98. The fourth-order valence-electron chi connectivity index (χ4n) is 1.25. The van der Waals surface area contributed by atoms with E-state index < -0.39 is 36.0 Å². The topological polar surface area (TPSA) is 0 Å². The Kier molecular flexibility index (Phi) is 8.76. The molecule has 0 atom stereocenters. The fraction of sp³-hybridized carbons (Fsp3) is 1.00. The fourth-order valence-corrected chi connectivity index (χ4v) is 1.25. The van der Waals surface area contributed by atoms with Crippen LogP contribution in [0.1, 0.15) is 39.5 Å². The van der Waals surface area contributed by atoms with Crippen LogP contribution in [0.2, 0.25) is 0 Å². The Bertz CT molecular complexity index is 377. The van der Waals surface area contributed by atoms with E-state index in [4.69, 9.17) is 0 Å². The van der Waals surface area contributed by atoms with Gasteiger partial charge in [-0.15, -0.1) is 0 Å². The highest BCUT2D eigenvalue weighted by Crippen LogP contribution is 2.60. The van der Waals surface area contributed by atoms with E-state index in [9.17, 15) is 61.5 Å². The Balaban J connectivity index is 0. The zero-order valence-electron chi connectivity index (χ0n) is 13.1. The molecule has 0 aliphatic heterocycles. The molecule has 0 saturated heterocycles. The number of unbranched alkanes of at least 4 members (excludes halogenated alkanes) is 3. The summed E-state index contributed by atoms with van der Waals surface area (Å²) in [5, 5.41) is 0. The van der Waals surface area contributed by atoms with Gasteiger partial charge in [-0.25, -0.2) is 0 Å². The van der Waals surface area contributed by atoms with Gasteiger partial charge in [0, 0.05) is 0 Å². The molecule has 0 rings (SSSR count). The number of rotatable bonds is 6. The second kappa shape index (κ2) is 8.36. The maximum absolute atomic E-state index is 12.3. The zero-order valence-corrected chi connectivity index (χ0v) is 13.1. The first kappa shape index (κ1) is 27.2. The summed E-state index contributed by atoms with van der Waals surface area (Å²) in [6.07, 6.45) is -9.43. The molecule has 0 unspecified atom stereocenters. The van der Waals surface area contributed by atoms with Gasteiger partial charge in [0.15, 0.2) is 0 Å². The van der Waals surface area contributed by atoms with E-state index in [1.807, 2.05) is 0 Å². The summed E-state index contributed by atoms with van der Waals surface area (Å²) in [5.74, 6) is -31.7. The van der Waals surface area contributed by atoms with Crippen molar-refractivity contribution in [3.05, 3.63) is 0 Å². The minimum absolute atomic E-state index is 1.36. The van der Waals surface area contributed by atoms with Gasteiger partial charge >= 0.3 is 36.0 Å². The van der Waals surface area contributed by atoms with Crippen molar-refractivity contribution < 1.29 is 61.5 Å². The van der Waals surface area contributed by atoms with Gasteiger partial charge in [0.05, 0.1) is 0 Å². The zero-order chi connectivity index (χ0) is 21.8. The first-order valence-corrected chi connectivity index (χ1v) is 6.81. The molecule has 0 fully saturated rings. The second-order valence-corrected chi connectivity index (χ2v) is 5.00. The van der Waals surface area contributed by atoms with Crippen LogP contribution in [0.25, 0.3) is 0 Å². The summed E-state index contributed by atoms with van der Waals surface area (Å²) in [7, 11) is 0. The van der Waals surface area contributed by atoms with Crippen LogP contribution in [-0.2, 0) is 0 Å². The summed E-state index contributed by atoms with van der Waals surface area (Å²) in [5.41, 5.74) is 0. The Labute approximate surface area is 138 Å². The molecule has 0 bridgehead atoms. The Morgan fingerprint density at radius 3 is 0.692 bits per heavy atom. The van der Waals surface area contributed by atoms with Gasteiger partial charge in [-0.05, 0) is 0 Å². The first-order valence-electron chi connectivity index (χ1n) is 6.81. The van der Waals surface area contributed by atoms with Crippen LogP contribution >= 0.6 is 0 Å². The van der Waals surface area contributed by atoms with Gasteiger partial charge in [0.2, 0.25) is 0 Å². The van der Waals surface area contributed by atoms with Crippen LogP contribution in [0.5, 0.6) is 0 Å². The van der Waals surface area contributed by atoms with Crippen molar-refractivity contribution in [1.82, 2.24) is 0 Å². The van der Waals surface area contributed by atoms with Crippen LogP contribution < -0.4 is 0 Å². The Morgan fingerprint density at radius 1 is 0.385 bits per heavy atom. The lowest BCUT2D eigenvalue weighted by Gasteiger charge is -2.37. The van der Waals surface area contributed by atoms with Gasteiger partial charge in [0.1, 0.15) is 0 Å². The van der Waals surface area contributed by atoms with Crippen molar-refractivity contribution in [3.8, 4) is 0 Å². The van der Waals surface area contributed by atoms with Crippen molar-refractivity contribution >= 4 is 0 Å². The van der Waals surface area contributed by atoms with E-state index in [-0.39, 0.29) is 0 Å². The van der Waals surface area contributed by atoms with Crippen LogP contribution in [0, 0.1) is 0 Å². The second-order valence-electron chi connectivity index (χ2n) is 5.00.